The van der Waals surface area contributed by atoms with Crippen molar-refractivity contribution in [1.29, 1.82) is 0 Å². The average molecular weight is 311 g/mol. The van der Waals surface area contributed by atoms with Crippen molar-refractivity contribution >= 4 is 21.4 Å². The van der Waals surface area contributed by atoms with Gasteiger partial charge in [-0.05, 0) is 12.1 Å². The van der Waals surface area contributed by atoms with Crippen molar-refractivity contribution in [2.24, 2.45) is 7.05 Å². The number of hydrogen-bond donors (Lipinski definition) is 2. The molecule has 0 radical (unpaired) electrons. The number of nitrogens with two attached hydrogens (primary N) is 1. The molecular formula is C11H13N5O4S. The van der Waals surface area contributed by atoms with Gasteiger partial charge in [-0.3, -0.25) is 14.8 Å². The standard InChI is InChI=1S/C11H13N5O4S/c1-15-7-8(5-13-15)6-14-21(19,20)9-2-3-10(12)11(4-9)16(17)18/h2-5,7,14H,6,12H2,1H3. The molecule has 21 heavy (non-hydrogen) atoms. The van der Waals surface area contributed by atoms with Gasteiger partial charge in [-0.2, -0.15) is 5.10 Å². The van der Waals surface area contributed by atoms with E-state index < -0.39 is 20.6 Å². The Morgan fingerprint density at radius 2 is 2.19 bits per heavy atom. The van der Waals surface area contributed by atoms with Crippen LogP contribution in [0.2, 0.25) is 0 Å². The molecule has 0 aliphatic rings. The normalized spacial score (nSPS) is 11.5. The number of aromatic nitrogens is 2. The third-order valence-electron chi connectivity index (χ3n) is 2.73. The molecule has 1 heterocycles. The van der Waals surface area contributed by atoms with E-state index in [0.717, 1.165) is 6.07 Å². The van der Waals surface area contributed by atoms with Crippen molar-refractivity contribution in [2.45, 2.75) is 11.4 Å². The zero-order valence-corrected chi connectivity index (χ0v) is 11.9. The minimum absolute atomic E-state index is 0.0361. The molecule has 0 saturated carbocycles. The highest BCUT2D eigenvalue weighted by Gasteiger charge is 2.20. The molecule has 0 fully saturated rings. The Balaban J connectivity index is 2.23. The molecule has 0 saturated heterocycles. The quantitative estimate of drug-likeness (QED) is 0.466. The van der Waals surface area contributed by atoms with E-state index in [-0.39, 0.29) is 17.1 Å². The van der Waals surface area contributed by atoms with Gasteiger partial charge in [0, 0.05) is 31.4 Å². The minimum Gasteiger partial charge on any atom is -0.393 e. The Morgan fingerprint density at radius 1 is 1.48 bits per heavy atom. The summed E-state index contributed by atoms with van der Waals surface area (Å²) in [6.45, 7) is 0.0361. The van der Waals surface area contributed by atoms with E-state index in [4.69, 9.17) is 5.73 Å². The van der Waals surface area contributed by atoms with E-state index in [1.807, 2.05) is 0 Å². The summed E-state index contributed by atoms with van der Waals surface area (Å²) >= 11 is 0. The summed E-state index contributed by atoms with van der Waals surface area (Å²) in [5.74, 6) is 0. The lowest BCUT2D eigenvalue weighted by atomic mass is 10.3. The Hall–Kier alpha value is -2.46. The second-order valence-corrected chi connectivity index (χ2v) is 6.09. The molecule has 0 spiro atoms. The van der Waals surface area contributed by atoms with E-state index in [2.05, 4.69) is 9.82 Å². The van der Waals surface area contributed by atoms with E-state index in [1.54, 1.807) is 13.2 Å². The van der Waals surface area contributed by atoms with Gasteiger partial charge in [0.25, 0.3) is 5.69 Å². The number of nitrogen functional groups attached to an aromatic ring is 1. The van der Waals surface area contributed by atoms with Gasteiger partial charge in [0.1, 0.15) is 5.69 Å². The van der Waals surface area contributed by atoms with E-state index in [9.17, 15) is 18.5 Å². The molecule has 2 rings (SSSR count). The highest BCUT2D eigenvalue weighted by atomic mass is 32.2. The number of nitro groups is 1. The van der Waals surface area contributed by atoms with Crippen LogP contribution < -0.4 is 10.5 Å². The van der Waals surface area contributed by atoms with Crippen LogP contribution in [0.4, 0.5) is 11.4 Å². The monoisotopic (exact) mass is 311 g/mol. The van der Waals surface area contributed by atoms with E-state index in [1.165, 1.54) is 23.0 Å². The van der Waals surface area contributed by atoms with Crippen molar-refractivity contribution in [3.63, 3.8) is 0 Å². The Bertz CT molecular complexity index is 784. The third kappa shape index (κ3) is 3.35. The molecular weight excluding hydrogens is 298 g/mol. The molecule has 3 N–H and O–H groups in total. The fraction of sp³-hybridized carbons (Fsp3) is 0.182. The van der Waals surface area contributed by atoms with Crippen LogP contribution in [0.25, 0.3) is 0 Å². The van der Waals surface area contributed by atoms with Crippen molar-refractivity contribution in [1.82, 2.24) is 14.5 Å². The van der Waals surface area contributed by atoms with Crippen LogP contribution in [0.5, 0.6) is 0 Å². The van der Waals surface area contributed by atoms with Crippen molar-refractivity contribution in [3.8, 4) is 0 Å². The molecule has 1 aromatic heterocycles. The molecule has 0 aliphatic carbocycles. The van der Waals surface area contributed by atoms with Gasteiger partial charge in [-0.15, -0.1) is 0 Å². The summed E-state index contributed by atoms with van der Waals surface area (Å²) in [6, 6.07) is 3.34. The highest BCUT2D eigenvalue weighted by molar-refractivity contribution is 7.89. The number of rotatable bonds is 5. The minimum atomic E-state index is -3.87. The van der Waals surface area contributed by atoms with Crippen molar-refractivity contribution in [3.05, 3.63) is 46.3 Å². The molecule has 112 valence electrons. The van der Waals surface area contributed by atoms with Crippen molar-refractivity contribution in [2.75, 3.05) is 5.73 Å². The Labute approximate surface area is 120 Å². The Kier molecular flexibility index (Phi) is 3.91. The van der Waals surface area contributed by atoms with Gasteiger partial charge < -0.3 is 5.73 Å². The zero-order chi connectivity index (χ0) is 15.6. The predicted molar refractivity (Wildman–Crippen MR) is 74.7 cm³/mol. The predicted octanol–water partition coefficient (Wildman–Crippen LogP) is 0.389. The summed E-state index contributed by atoms with van der Waals surface area (Å²) in [4.78, 5) is 9.84. The van der Waals surface area contributed by atoms with Crippen LogP contribution in [-0.4, -0.2) is 23.1 Å². The fourth-order valence-electron chi connectivity index (χ4n) is 1.67. The summed E-state index contributed by atoms with van der Waals surface area (Å²) in [6.07, 6.45) is 3.18. The highest BCUT2D eigenvalue weighted by Crippen LogP contribution is 2.24. The maximum atomic E-state index is 12.1. The second kappa shape index (κ2) is 5.50. The van der Waals surface area contributed by atoms with E-state index >= 15 is 0 Å². The third-order valence-corrected chi connectivity index (χ3v) is 4.13. The van der Waals surface area contributed by atoms with Crippen LogP contribution in [0.15, 0.2) is 35.5 Å². The van der Waals surface area contributed by atoms with Crippen LogP contribution in [0, 0.1) is 10.1 Å². The van der Waals surface area contributed by atoms with E-state index in [0.29, 0.717) is 5.56 Å². The molecule has 9 nitrogen and oxygen atoms in total. The maximum Gasteiger partial charge on any atom is 0.293 e. The lowest BCUT2D eigenvalue weighted by Crippen LogP contribution is -2.23. The summed E-state index contributed by atoms with van der Waals surface area (Å²) in [5.41, 5.74) is 5.57. The summed E-state index contributed by atoms with van der Waals surface area (Å²) in [7, 11) is -2.16. The van der Waals surface area contributed by atoms with Gasteiger partial charge in [-0.1, -0.05) is 0 Å². The molecule has 0 unspecified atom stereocenters. The first kappa shape index (κ1) is 14.9. The molecule has 1 aromatic carbocycles. The molecule has 0 amide bonds. The molecule has 0 aliphatic heterocycles. The lowest BCUT2D eigenvalue weighted by Gasteiger charge is -2.06. The van der Waals surface area contributed by atoms with Gasteiger partial charge in [0.15, 0.2) is 0 Å². The summed E-state index contributed by atoms with van der Waals surface area (Å²) < 4.78 is 28.1. The topological polar surface area (TPSA) is 133 Å². The average Bonchev–Trinajstić information content (AvgIpc) is 2.82. The Morgan fingerprint density at radius 3 is 2.76 bits per heavy atom. The number of nitrogens with one attached hydrogen (secondary N) is 1. The van der Waals surface area contributed by atoms with Gasteiger partial charge in [0.05, 0.1) is 16.0 Å². The zero-order valence-electron chi connectivity index (χ0n) is 11.1. The second-order valence-electron chi connectivity index (χ2n) is 4.32. The smallest absolute Gasteiger partial charge is 0.293 e. The van der Waals surface area contributed by atoms with Gasteiger partial charge in [-0.25, -0.2) is 13.1 Å². The molecule has 10 heteroatoms. The van der Waals surface area contributed by atoms with Gasteiger partial charge in [0.2, 0.25) is 10.0 Å². The molecule has 0 atom stereocenters. The van der Waals surface area contributed by atoms with Crippen molar-refractivity contribution < 1.29 is 13.3 Å². The van der Waals surface area contributed by atoms with Gasteiger partial charge >= 0.3 is 0 Å². The number of nitrogens with zero attached hydrogens (tertiary/aromatic N) is 3. The lowest BCUT2D eigenvalue weighted by molar-refractivity contribution is -0.384. The number of sulfonamides is 1. The largest absolute Gasteiger partial charge is 0.393 e. The maximum absolute atomic E-state index is 12.1. The SMILES string of the molecule is Cn1cc(CNS(=O)(=O)c2ccc(N)c([N+](=O)[O-])c2)cn1. The number of anilines is 1. The first-order valence-corrected chi connectivity index (χ1v) is 7.29. The number of benzene rings is 1. The number of nitro benzene ring substituents is 1. The number of aryl methyl sites for hydroxylation is 1. The van der Waals surface area contributed by atoms with Crippen LogP contribution in [0.3, 0.4) is 0 Å². The molecule has 0 bridgehead atoms. The van der Waals surface area contributed by atoms with Crippen LogP contribution >= 0.6 is 0 Å². The first-order chi connectivity index (χ1) is 9.79. The van der Waals surface area contributed by atoms with Crippen LogP contribution in [-0.2, 0) is 23.6 Å². The molecule has 2 aromatic rings. The first-order valence-electron chi connectivity index (χ1n) is 5.81. The summed E-state index contributed by atoms with van der Waals surface area (Å²) in [5, 5.41) is 14.7. The van der Waals surface area contributed by atoms with Crippen LogP contribution in [0.1, 0.15) is 5.56 Å². The fourth-order valence-corrected chi connectivity index (χ4v) is 2.71. The number of hydrogen-bond acceptors (Lipinski definition) is 6.